The molecule has 1 aromatic carbocycles. The maximum absolute atomic E-state index is 13.2. The van der Waals surface area contributed by atoms with Crippen LogP contribution in [0.2, 0.25) is 5.02 Å². The molecule has 0 radical (unpaired) electrons. The van der Waals surface area contributed by atoms with E-state index < -0.39 is 11.8 Å². The lowest BCUT2D eigenvalue weighted by atomic mass is 10.2. The summed E-state index contributed by atoms with van der Waals surface area (Å²) in [5.74, 6) is -0.951. The van der Waals surface area contributed by atoms with Gasteiger partial charge in [-0.05, 0) is 30.7 Å². The molecular formula is C13H10ClFN2O3. The molecule has 0 unspecified atom stereocenters. The molecule has 0 atom stereocenters. The Morgan fingerprint density at radius 1 is 1.40 bits per heavy atom. The van der Waals surface area contributed by atoms with Crippen molar-refractivity contribution in [1.29, 1.82) is 0 Å². The fraction of sp³-hybridized carbons (Fsp3) is 0.154. The van der Waals surface area contributed by atoms with E-state index in [1.54, 1.807) is 6.92 Å². The summed E-state index contributed by atoms with van der Waals surface area (Å²) in [6.07, 6.45) is 1.33. The largest absolute Gasteiger partial charge is 0.465 e. The number of nitrogens with zero attached hydrogens (tertiary/aromatic N) is 2. The van der Waals surface area contributed by atoms with Crippen LogP contribution in [0, 0.1) is 12.7 Å². The number of halogens is 2. The molecule has 0 aliphatic rings. The second-order valence-corrected chi connectivity index (χ2v) is 4.28. The summed E-state index contributed by atoms with van der Waals surface area (Å²) in [5, 5.41) is 7.43. The van der Waals surface area contributed by atoms with Gasteiger partial charge in [0.25, 0.3) is 5.88 Å². The normalized spacial score (nSPS) is 10.2. The summed E-state index contributed by atoms with van der Waals surface area (Å²) in [6.45, 7) is 1.62. The Labute approximate surface area is 119 Å². The molecule has 1 heterocycles. The molecule has 5 nitrogen and oxygen atoms in total. The van der Waals surface area contributed by atoms with Crippen molar-refractivity contribution in [3.63, 3.8) is 0 Å². The number of carbonyl (C=O) groups excluding carboxylic acids is 1. The van der Waals surface area contributed by atoms with Crippen LogP contribution in [0.15, 0.2) is 24.4 Å². The summed E-state index contributed by atoms with van der Waals surface area (Å²) >= 11 is 5.92. The van der Waals surface area contributed by atoms with Crippen LogP contribution in [0.5, 0.6) is 11.6 Å². The number of benzene rings is 1. The number of ether oxygens (including phenoxy) is 2. The van der Waals surface area contributed by atoms with Gasteiger partial charge in [0.1, 0.15) is 11.4 Å². The van der Waals surface area contributed by atoms with Gasteiger partial charge in [-0.15, -0.1) is 5.10 Å². The quantitative estimate of drug-likeness (QED) is 0.814. The van der Waals surface area contributed by atoms with Crippen LogP contribution in [0.4, 0.5) is 4.39 Å². The number of aryl methyl sites for hydroxylation is 1. The average molecular weight is 297 g/mol. The highest BCUT2D eigenvalue weighted by atomic mass is 35.5. The van der Waals surface area contributed by atoms with Gasteiger partial charge in [0.15, 0.2) is 5.75 Å². The van der Waals surface area contributed by atoms with Crippen molar-refractivity contribution in [2.24, 2.45) is 0 Å². The van der Waals surface area contributed by atoms with Gasteiger partial charge in [-0.1, -0.05) is 11.6 Å². The lowest BCUT2D eigenvalue weighted by molar-refractivity contribution is 0.0596. The van der Waals surface area contributed by atoms with Crippen LogP contribution in [0.1, 0.15) is 15.9 Å². The highest BCUT2D eigenvalue weighted by Gasteiger charge is 2.18. The predicted molar refractivity (Wildman–Crippen MR) is 69.6 cm³/mol. The van der Waals surface area contributed by atoms with E-state index in [1.807, 2.05) is 0 Å². The SMILES string of the molecule is COC(=O)c1ccnnc1Oc1c(C)cc(F)cc1Cl. The van der Waals surface area contributed by atoms with E-state index in [4.69, 9.17) is 16.3 Å². The molecule has 0 spiro atoms. The molecule has 104 valence electrons. The van der Waals surface area contributed by atoms with Crippen LogP contribution in [-0.2, 0) is 4.74 Å². The summed E-state index contributed by atoms with van der Waals surface area (Å²) in [6, 6.07) is 3.77. The average Bonchev–Trinajstić information content (AvgIpc) is 2.42. The van der Waals surface area contributed by atoms with Crippen molar-refractivity contribution >= 4 is 17.6 Å². The molecular weight excluding hydrogens is 287 g/mol. The third-order valence-corrected chi connectivity index (χ3v) is 2.77. The van der Waals surface area contributed by atoms with Crippen LogP contribution in [0.3, 0.4) is 0 Å². The van der Waals surface area contributed by atoms with Crippen LogP contribution in [-0.4, -0.2) is 23.3 Å². The topological polar surface area (TPSA) is 61.3 Å². The molecule has 0 saturated carbocycles. The number of rotatable bonds is 3. The van der Waals surface area contributed by atoms with Crippen LogP contribution in [0.25, 0.3) is 0 Å². The second kappa shape index (κ2) is 5.83. The Kier molecular flexibility index (Phi) is 4.14. The van der Waals surface area contributed by atoms with Gasteiger partial charge >= 0.3 is 5.97 Å². The van der Waals surface area contributed by atoms with Crippen molar-refractivity contribution < 1.29 is 18.7 Å². The smallest absolute Gasteiger partial charge is 0.343 e. The van der Waals surface area contributed by atoms with Crippen molar-refractivity contribution in [2.75, 3.05) is 7.11 Å². The van der Waals surface area contributed by atoms with Gasteiger partial charge in [-0.3, -0.25) is 0 Å². The Balaban J connectivity index is 2.43. The number of hydrogen-bond donors (Lipinski definition) is 0. The zero-order valence-electron chi connectivity index (χ0n) is 10.7. The molecule has 0 N–H and O–H groups in total. The third kappa shape index (κ3) is 2.85. The molecule has 1 aromatic heterocycles. The third-order valence-electron chi connectivity index (χ3n) is 2.48. The number of aromatic nitrogens is 2. The molecule has 0 fully saturated rings. The molecule has 0 amide bonds. The first-order chi connectivity index (χ1) is 9.52. The molecule has 0 aliphatic carbocycles. The summed E-state index contributed by atoms with van der Waals surface area (Å²) in [5.41, 5.74) is 0.568. The fourth-order valence-corrected chi connectivity index (χ4v) is 1.87. The van der Waals surface area contributed by atoms with E-state index in [0.717, 1.165) is 6.07 Å². The van der Waals surface area contributed by atoms with Crippen molar-refractivity contribution in [3.05, 3.63) is 46.4 Å². The van der Waals surface area contributed by atoms with Gasteiger partial charge in [-0.2, -0.15) is 5.10 Å². The van der Waals surface area contributed by atoms with Gasteiger partial charge in [-0.25, -0.2) is 9.18 Å². The first-order valence-electron chi connectivity index (χ1n) is 5.56. The van der Waals surface area contributed by atoms with E-state index in [0.29, 0.717) is 5.56 Å². The molecule has 0 aliphatic heterocycles. The molecule has 20 heavy (non-hydrogen) atoms. The molecule has 2 aromatic rings. The van der Waals surface area contributed by atoms with E-state index in [1.165, 1.54) is 25.4 Å². The van der Waals surface area contributed by atoms with Crippen LogP contribution < -0.4 is 4.74 Å². The number of methoxy groups -OCH3 is 1. The Morgan fingerprint density at radius 3 is 2.80 bits per heavy atom. The second-order valence-electron chi connectivity index (χ2n) is 3.88. The zero-order valence-corrected chi connectivity index (χ0v) is 11.4. The monoisotopic (exact) mass is 296 g/mol. The lowest BCUT2D eigenvalue weighted by Crippen LogP contribution is -2.06. The Morgan fingerprint density at radius 2 is 2.15 bits per heavy atom. The maximum Gasteiger partial charge on any atom is 0.343 e. The van der Waals surface area contributed by atoms with E-state index in [2.05, 4.69) is 14.9 Å². The minimum absolute atomic E-state index is 0.0593. The van der Waals surface area contributed by atoms with E-state index in [-0.39, 0.29) is 22.2 Å². The standard InChI is InChI=1S/C13H10ClFN2O3/c1-7-5-8(15)6-10(14)11(7)20-12-9(13(18)19-2)3-4-16-17-12/h3-6H,1-2H3. The predicted octanol–water partition coefficient (Wildman–Crippen LogP) is 3.16. The molecule has 0 bridgehead atoms. The van der Waals surface area contributed by atoms with Gasteiger partial charge in [0.2, 0.25) is 0 Å². The van der Waals surface area contributed by atoms with Gasteiger partial charge < -0.3 is 9.47 Å². The van der Waals surface area contributed by atoms with Crippen molar-refractivity contribution in [1.82, 2.24) is 10.2 Å². The minimum Gasteiger partial charge on any atom is -0.465 e. The van der Waals surface area contributed by atoms with Crippen molar-refractivity contribution in [3.8, 4) is 11.6 Å². The highest BCUT2D eigenvalue weighted by Crippen LogP contribution is 2.33. The van der Waals surface area contributed by atoms with Crippen molar-refractivity contribution in [2.45, 2.75) is 6.92 Å². The molecule has 0 saturated heterocycles. The Hall–Kier alpha value is -2.21. The molecule has 7 heteroatoms. The first-order valence-corrected chi connectivity index (χ1v) is 5.94. The maximum atomic E-state index is 13.2. The number of carbonyl (C=O) groups is 1. The van der Waals surface area contributed by atoms with E-state index >= 15 is 0 Å². The van der Waals surface area contributed by atoms with E-state index in [9.17, 15) is 9.18 Å². The van der Waals surface area contributed by atoms with Crippen LogP contribution >= 0.6 is 11.6 Å². The van der Waals surface area contributed by atoms with Gasteiger partial charge in [0.05, 0.1) is 18.3 Å². The number of hydrogen-bond acceptors (Lipinski definition) is 5. The number of esters is 1. The van der Waals surface area contributed by atoms with Gasteiger partial charge in [0, 0.05) is 0 Å². The summed E-state index contributed by atoms with van der Waals surface area (Å²) < 4.78 is 23.3. The Bertz CT molecular complexity index is 641. The summed E-state index contributed by atoms with van der Waals surface area (Å²) in [4.78, 5) is 11.6. The molecule has 2 rings (SSSR count). The first kappa shape index (κ1) is 14.2. The zero-order chi connectivity index (χ0) is 14.7. The fourth-order valence-electron chi connectivity index (χ4n) is 1.57. The summed E-state index contributed by atoms with van der Waals surface area (Å²) in [7, 11) is 1.24. The highest BCUT2D eigenvalue weighted by molar-refractivity contribution is 6.32. The minimum atomic E-state index is -0.620. The lowest BCUT2D eigenvalue weighted by Gasteiger charge is -2.11.